The van der Waals surface area contributed by atoms with Crippen LogP contribution in [0.2, 0.25) is 0 Å². The highest BCUT2D eigenvalue weighted by atomic mass is 16.3. The standard InChI is InChI=1S/C10H16O3/c1-9(5-6-11)3-2-4-10(7-12)8-13/h4-5,7,11,13H,2-3,6,8H2,1H3/b9-5+,10-4+. The van der Waals surface area contributed by atoms with Crippen molar-refractivity contribution in [3.8, 4) is 0 Å². The summed E-state index contributed by atoms with van der Waals surface area (Å²) in [5, 5.41) is 17.2. The normalized spacial score (nSPS) is 13.2. The number of hydrogen-bond acceptors (Lipinski definition) is 3. The maximum absolute atomic E-state index is 10.3. The second-order valence-electron chi connectivity index (χ2n) is 2.83. The van der Waals surface area contributed by atoms with Crippen LogP contribution in [-0.2, 0) is 4.79 Å². The summed E-state index contributed by atoms with van der Waals surface area (Å²) in [4.78, 5) is 10.3. The summed E-state index contributed by atoms with van der Waals surface area (Å²) < 4.78 is 0. The largest absolute Gasteiger partial charge is 0.392 e. The Morgan fingerprint density at radius 3 is 2.46 bits per heavy atom. The van der Waals surface area contributed by atoms with E-state index in [0.29, 0.717) is 11.9 Å². The molecular formula is C10H16O3. The molecule has 0 aliphatic carbocycles. The van der Waals surface area contributed by atoms with Gasteiger partial charge in [0.05, 0.1) is 13.2 Å². The molecule has 0 aromatic carbocycles. The summed E-state index contributed by atoms with van der Waals surface area (Å²) in [5.41, 5.74) is 1.50. The Balaban J connectivity index is 3.83. The number of allylic oxidation sites excluding steroid dienone is 2. The molecule has 0 aliphatic heterocycles. The van der Waals surface area contributed by atoms with Crippen LogP contribution in [0.25, 0.3) is 0 Å². The van der Waals surface area contributed by atoms with Gasteiger partial charge in [-0.2, -0.15) is 0 Å². The molecule has 0 bridgehead atoms. The highest BCUT2D eigenvalue weighted by Crippen LogP contribution is 2.05. The van der Waals surface area contributed by atoms with Crippen molar-refractivity contribution < 1.29 is 15.0 Å². The maximum atomic E-state index is 10.3. The van der Waals surface area contributed by atoms with Gasteiger partial charge in [0.25, 0.3) is 0 Å². The van der Waals surface area contributed by atoms with E-state index < -0.39 is 0 Å². The number of hydrogen-bond donors (Lipinski definition) is 2. The first-order chi connectivity index (χ1) is 6.24. The molecule has 0 aromatic heterocycles. The van der Waals surface area contributed by atoms with Gasteiger partial charge in [-0.15, -0.1) is 0 Å². The highest BCUT2D eigenvalue weighted by Gasteiger charge is 1.92. The molecule has 0 radical (unpaired) electrons. The van der Waals surface area contributed by atoms with Crippen LogP contribution in [0.15, 0.2) is 23.3 Å². The molecule has 2 N–H and O–H groups in total. The first kappa shape index (κ1) is 12.1. The van der Waals surface area contributed by atoms with E-state index in [1.165, 1.54) is 0 Å². The van der Waals surface area contributed by atoms with Crippen LogP contribution in [-0.4, -0.2) is 29.7 Å². The van der Waals surface area contributed by atoms with Crippen LogP contribution in [0, 0.1) is 0 Å². The minimum atomic E-state index is -0.202. The summed E-state index contributed by atoms with van der Waals surface area (Å²) in [7, 11) is 0. The zero-order valence-corrected chi connectivity index (χ0v) is 7.86. The highest BCUT2D eigenvalue weighted by molar-refractivity contribution is 5.73. The zero-order valence-electron chi connectivity index (χ0n) is 7.86. The summed E-state index contributed by atoms with van der Waals surface area (Å²) >= 11 is 0. The topological polar surface area (TPSA) is 57.5 Å². The van der Waals surface area contributed by atoms with Crippen LogP contribution in [0.1, 0.15) is 19.8 Å². The third-order valence-corrected chi connectivity index (χ3v) is 1.72. The summed E-state index contributed by atoms with van der Waals surface area (Å²) in [6.07, 6.45) is 5.62. The lowest BCUT2D eigenvalue weighted by atomic mass is 10.1. The molecule has 0 fully saturated rings. The molecule has 0 aromatic rings. The summed E-state index contributed by atoms with van der Waals surface area (Å²) in [5.74, 6) is 0. The summed E-state index contributed by atoms with van der Waals surface area (Å²) in [6.45, 7) is 1.77. The fourth-order valence-corrected chi connectivity index (χ4v) is 0.893. The Hall–Kier alpha value is -0.930. The van der Waals surface area contributed by atoms with Gasteiger partial charge in [0, 0.05) is 5.57 Å². The molecule has 0 saturated carbocycles. The van der Waals surface area contributed by atoms with Crippen molar-refractivity contribution in [1.29, 1.82) is 0 Å². The molecule has 0 aliphatic rings. The van der Waals surface area contributed by atoms with E-state index in [0.717, 1.165) is 18.4 Å². The van der Waals surface area contributed by atoms with E-state index in [-0.39, 0.29) is 13.2 Å². The van der Waals surface area contributed by atoms with Gasteiger partial charge in [-0.25, -0.2) is 0 Å². The quantitative estimate of drug-likeness (QED) is 0.365. The second kappa shape index (κ2) is 7.71. The van der Waals surface area contributed by atoms with Gasteiger partial charge in [0.2, 0.25) is 0 Å². The number of aliphatic hydroxyl groups is 2. The molecule has 0 atom stereocenters. The van der Waals surface area contributed by atoms with Crippen LogP contribution >= 0.6 is 0 Å². The average molecular weight is 184 g/mol. The van der Waals surface area contributed by atoms with E-state index in [1.54, 1.807) is 12.2 Å². The van der Waals surface area contributed by atoms with E-state index in [9.17, 15) is 4.79 Å². The smallest absolute Gasteiger partial charge is 0.148 e. The summed E-state index contributed by atoms with van der Waals surface area (Å²) in [6, 6.07) is 0. The predicted molar refractivity (Wildman–Crippen MR) is 51.3 cm³/mol. The van der Waals surface area contributed by atoms with Crippen molar-refractivity contribution in [2.75, 3.05) is 13.2 Å². The monoisotopic (exact) mass is 184 g/mol. The second-order valence-corrected chi connectivity index (χ2v) is 2.83. The molecule has 0 saturated heterocycles. The van der Waals surface area contributed by atoms with Gasteiger partial charge >= 0.3 is 0 Å². The Kier molecular flexibility index (Phi) is 7.15. The van der Waals surface area contributed by atoms with Crippen molar-refractivity contribution >= 4 is 6.29 Å². The molecule has 0 unspecified atom stereocenters. The van der Waals surface area contributed by atoms with Crippen LogP contribution in [0.4, 0.5) is 0 Å². The minimum absolute atomic E-state index is 0.0517. The predicted octanol–water partition coefficient (Wildman–Crippen LogP) is 0.823. The van der Waals surface area contributed by atoms with Gasteiger partial charge < -0.3 is 10.2 Å². The van der Waals surface area contributed by atoms with Crippen molar-refractivity contribution in [3.63, 3.8) is 0 Å². The number of carbonyl (C=O) groups is 1. The first-order valence-corrected chi connectivity index (χ1v) is 4.26. The van der Waals surface area contributed by atoms with Gasteiger partial charge in [-0.05, 0) is 19.8 Å². The van der Waals surface area contributed by atoms with Crippen molar-refractivity contribution in [3.05, 3.63) is 23.3 Å². The van der Waals surface area contributed by atoms with Crippen LogP contribution in [0.5, 0.6) is 0 Å². The molecule has 3 nitrogen and oxygen atoms in total. The minimum Gasteiger partial charge on any atom is -0.392 e. The van der Waals surface area contributed by atoms with E-state index >= 15 is 0 Å². The molecule has 0 amide bonds. The van der Waals surface area contributed by atoms with Gasteiger partial charge in [-0.3, -0.25) is 4.79 Å². The molecule has 0 spiro atoms. The lowest BCUT2D eigenvalue weighted by Gasteiger charge is -1.97. The Morgan fingerprint density at radius 1 is 1.31 bits per heavy atom. The van der Waals surface area contributed by atoms with Gasteiger partial charge in [-0.1, -0.05) is 17.7 Å². The van der Waals surface area contributed by atoms with E-state index in [1.807, 2.05) is 6.92 Å². The Labute approximate surface area is 78.4 Å². The van der Waals surface area contributed by atoms with E-state index in [2.05, 4.69) is 0 Å². The third-order valence-electron chi connectivity index (χ3n) is 1.72. The molecule has 0 rings (SSSR count). The van der Waals surface area contributed by atoms with Gasteiger partial charge in [0.15, 0.2) is 0 Å². The third kappa shape index (κ3) is 6.25. The lowest BCUT2D eigenvalue weighted by molar-refractivity contribution is -0.105. The SMILES string of the molecule is C/C(=C\CO)CC/C=C(\C=O)CO. The van der Waals surface area contributed by atoms with Crippen molar-refractivity contribution in [2.45, 2.75) is 19.8 Å². The molecule has 3 heteroatoms. The first-order valence-electron chi connectivity index (χ1n) is 4.26. The lowest BCUT2D eigenvalue weighted by Crippen LogP contribution is -1.91. The van der Waals surface area contributed by atoms with Gasteiger partial charge in [0.1, 0.15) is 6.29 Å². The fourth-order valence-electron chi connectivity index (χ4n) is 0.893. The fraction of sp³-hybridized carbons (Fsp3) is 0.500. The molecular weight excluding hydrogens is 168 g/mol. The number of aldehydes is 1. The van der Waals surface area contributed by atoms with Crippen molar-refractivity contribution in [1.82, 2.24) is 0 Å². The zero-order chi connectivity index (χ0) is 10.1. The number of rotatable bonds is 6. The van der Waals surface area contributed by atoms with Crippen molar-refractivity contribution in [2.24, 2.45) is 0 Å². The molecule has 13 heavy (non-hydrogen) atoms. The number of carbonyl (C=O) groups excluding carboxylic acids is 1. The Morgan fingerprint density at radius 2 is 2.00 bits per heavy atom. The number of aliphatic hydroxyl groups excluding tert-OH is 2. The maximum Gasteiger partial charge on any atom is 0.148 e. The van der Waals surface area contributed by atoms with Crippen LogP contribution < -0.4 is 0 Å². The van der Waals surface area contributed by atoms with Crippen LogP contribution in [0.3, 0.4) is 0 Å². The van der Waals surface area contributed by atoms with E-state index in [4.69, 9.17) is 10.2 Å². The molecule has 74 valence electrons. The molecule has 0 heterocycles. The average Bonchev–Trinajstić information content (AvgIpc) is 2.13. The Bertz CT molecular complexity index is 204.